The number of hydrogen-bond donors (Lipinski definition) is 0. The quantitative estimate of drug-likeness (QED) is 0.209. The van der Waals surface area contributed by atoms with E-state index in [1.807, 2.05) is 0 Å². The number of nitrogens with zero attached hydrogens (tertiary/aromatic N) is 4. The summed E-state index contributed by atoms with van der Waals surface area (Å²) in [4.78, 5) is 0. The minimum atomic E-state index is 0.256. The summed E-state index contributed by atoms with van der Waals surface area (Å²) < 4.78 is 19.5. The Morgan fingerprint density at radius 3 is 0.638 bits per heavy atom. The molecule has 0 N–H and O–H groups in total. The van der Waals surface area contributed by atoms with Gasteiger partial charge in [0.25, 0.3) is 0 Å². The van der Waals surface area contributed by atoms with Crippen LogP contribution in [0.5, 0.6) is 0 Å². The Kier molecular flexibility index (Phi) is 9.24. The molecule has 6 aromatic carbocycles. The summed E-state index contributed by atoms with van der Waals surface area (Å²) >= 11 is 0. The smallest absolute Gasteiger partial charge is 0.336 e. The molecule has 0 unspecified atom stereocenters. The van der Waals surface area contributed by atoms with Gasteiger partial charge < -0.3 is 9.47 Å². The van der Waals surface area contributed by atoms with Crippen LogP contribution in [-0.2, 0) is 9.47 Å². The molecule has 2 fully saturated rings. The first-order valence-electron chi connectivity index (χ1n) is 21.0. The van der Waals surface area contributed by atoms with Gasteiger partial charge in [-0.05, 0) is 49.9 Å². The van der Waals surface area contributed by atoms with E-state index < -0.39 is 0 Å². The van der Waals surface area contributed by atoms with Gasteiger partial charge in [-0.2, -0.15) is 43.7 Å². The fourth-order valence-corrected chi connectivity index (χ4v) is 10.0. The monoisotopic (exact) mass is 752 g/mol. The number of rotatable bonds is 0. The Balaban J connectivity index is 0.000000107. The molecular weight excluding hydrogens is 708 g/mol. The van der Waals surface area contributed by atoms with Gasteiger partial charge in [0.15, 0.2) is 24.8 Å². The summed E-state index contributed by atoms with van der Waals surface area (Å²) in [5, 5.41) is 5.15. The molecular formula is C48H44B4N4O2. The minimum absolute atomic E-state index is 0.256. The largest absolute Gasteiger partial charge is 0.381 e. The highest BCUT2D eigenvalue weighted by Crippen LogP contribution is 2.12. The van der Waals surface area contributed by atoms with Gasteiger partial charge in [-0.25, -0.2) is 0 Å². The summed E-state index contributed by atoms with van der Waals surface area (Å²) in [6.45, 7) is 5.03. The zero-order valence-electron chi connectivity index (χ0n) is 32.7. The van der Waals surface area contributed by atoms with Crippen molar-refractivity contribution >= 4 is 92.6 Å². The standard InChI is InChI=1S/2C20H14B2N2.2C4H8O/c2*1-2-8-16-14-24-22-19-11-5-3-9-17(19)21(23(24)13-15(16)7-1)18-10-4-6-12-20(18)22;2*1-2-4-5-3-1/h2*1-14H;2*1-4H2. The third-order valence-electron chi connectivity index (χ3n) is 12.7. The highest BCUT2D eigenvalue weighted by atomic mass is 16.5. The fraction of sp³-hybridized carbons (Fsp3) is 0.167. The maximum absolute atomic E-state index is 4.94. The van der Waals surface area contributed by atoms with E-state index in [2.05, 4.69) is 189 Å². The summed E-state index contributed by atoms with van der Waals surface area (Å²) in [7, 11) is 0. The third kappa shape index (κ3) is 6.00. The van der Waals surface area contributed by atoms with Gasteiger partial charge >= 0.3 is 27.4 Å². The van der Waals surface area contributed by atoms with E-state index in [0.717, 1.165) is 26.4 Å². The number of fused-ring (bicyclic) bond motifs is 2. The molecule has 0 amide bonds. The SMILES string of the molecule is C1CCOC1.C1CCOC1.c1ccc2c(c1)[B-]1c3ccccc3[B-]2[n+]2cc3ccccc3c[n+]21.c1ccc2c(c1)[B-]1c3ccccc3[B-]2[n+]2cc3ccccc3c[n+]21. The van der Waals surface area contributed by atoms with E-state index in [-0.39, 0.29) is 27.4 Å². The molecule has 280 valence electrons. The van der Waals surface area contributed by atoms with E-state index >= 15 is 0 Å². The van der Waals surface area contributed by atoms with Crippen molar-refractivity contribution in [2.45, 2.75) is 25.7 Å². The normalized spacial score (nSPS) is 16.7. The lowest BCUT2D eigenvalue weighted by Crippen LogP contribution is -3.00. The lowest BCUT2D eigenvalue weighted by atomic mass is 9.30. The van der Waals surface area contributed by atoms with Crippen LogP contribution in [0.1, 0.15) is 25.7 Å². The predicted molar refractivity (Wildman–Crippen MR) is 236 cm³/mol. The van der Waals surface area contributed by atoms with Crippen molar-refractivity contribution in [3.63, 3.8) is 0 Å². The maximum Gasteiger partial charge on any atom is 0.336 e. The molecule has 8 aliphatic heterocycles. The minimum Gasteiger partial charge on any atom is -0.381 e. The van der Waals surface area contributed by atoms with Crippen molar-refractivity contribution in [1.82, 2.24) is 0 Å². The van der Waals surface area contributed by atoms with Crippen LogP contribution in [0.3, 0.4) is 0 Å². The Bertz CT molecular complexity index is 2350. The second-order valence-corrected chi connectivity index (χ2v) is 16.1. The Labute approximate surface area is 341 Å². The average molecular weight is 752 g/mol. The topological polar surface area (TPSA) is 34.0 Å². The van der Waals surface area contributed by atoms with Crippen LogP contribution in [-0.4, -0.2) is 53.8 Å². The first kappa shape index (κ1) is 35.4. The Morgan fingerprint density at radius 2 is 0.466 bits per heavy atom. The average Bonchev–Trinajstić information content (AvgIpc) is 4.09. The highest BCUT2D eigenvalue weighted by molar-refractivity contribution is 6.98. The molecule has 6 nitrogen and oxygen atoms in total. The summed E-state index contributed by atoms with van der Waals surface area (Å²) in [6.07, 6.45) is 14.3. The molecule has 0 atom stereocenters. The van der Waals surface area contributed by atoms with Crippen LogP contribution in [0, 0.1) is 0 Å². The molecule has 8 aliphatic rings. The van der Waals surface area contributed by atoms with Crippen LogP contribution < -0.4 is 62.1 Å². The molecule has 16 rings (SSSR count). The van der Waals surface area contributed by atoms with Crippen molar-refractivity contribution in [1.29, 1.82) is 0 Å². The van der Waals surface area contributed by atoms with E-state index in [4.69, 9.17) is 9.47 Å². The van der Waals surface area contributed by atoms with E-state index in [0.29, 0.717) is 0 Å². The molecule has 4 bridgehead atoms. The van der Waals surface area contributed by atoms with Gasteiger partial charge in [0.2, 0.25) is 0 Å². The molecule has 10 heterocycles. The van der Waals surface area contributed by atoms with Gasteiger partial charge in [0.1, 0.15) is 0 Å². The van der Waals surface area contributed by atoms with Crippen molar-refractivity contribution in [3.8, 4) is 0 Å². The summed E-state index contributed by atoms with van der Waals surface area (Å²) in [6, 6.07) is 52.8. The Morgan fingerprint density at radius 1 is 0.276 bits per heavy atom. The number of benzene rings is 6. The van der Waals surface area contributed by atoms with Crippen molar-refractivity contribution in [2.24, 2.45) is 0 Å². The second-order valence-electron chi connectivity index (χ2n) is 16.1. The van der Waals surface area contributed by atoms with Crippen LogP contribution in [0.4, 0.5) is 0 Å². The van der Waals surface area contributed by atoms with E-state index in [1.165, 1.54) is 90.9 Å². The zero-order chi connectivity index (χ0) is 38.4. The van der Waals surface area contributed by atoms with Crippen molar-refractivity contribution in [2.75, 3.05) is 26.4 Å². The molecule has 10 heteroatoms. The lowest BCUT2D eigenvalue weighted by molar-refractivity contribution is -1.13. The van der Waals surface area contributed by atoms with Gasteiger partial charge in [0, 0.05) is 26.4 Å². The maximum atomic E-state index is 4.94. The molecule has 8 aromatic rings. The second kappa shape index (κ2) is 15.2. The number of aromatic nitrogens is 4. The molecule has 2 saturated heterocycles. The third-order valence-corrected chi connectivity index (χ3v) is 12.7. The van der Waals surface area contributed by atoms with Gasteiger partial charge in [-0.15, -0.1) is 0 Å². The zero-order valence-corrected chi connectivity index (χ0v) is 32.7. The first-order valence-corrected chi connectivity index (χ1v) is 21.0. The van der Waals surface area contributed by atoms with Gasteiger partial charge in [-0.3, -0.25) is 18.4 Å². The first-order chi connectivity index (χ1) is 28.8. The number of ether oxygens (including phenoxy) is 2. The molecule has 0 aliphatic carbocycles. The summed E-state index contributed by atoms with van der Waals surface area (Å²) in [5.74, 6) is 0. The lowest BCUT2D eigenvalue weighted by Gasteiger charge is -2.44. The van der Waals surface area contributed by atoms with Gasteiger partial charge in [0.05, 0.1) is 21.5 Å². The molecule has 4 radical (unpaired) electrons. The fourth-order valence-electron chi connectivity index (χ4n) is 10.0. The predicted octanol–water partition coefficient (Wildman–Crippen LogP) is 0.293. The van der Waals surface area contributed by atoms with Gasteiger partial charge in [-0.1, -0.05) is 121 Å². The molecule has 0 spiro atoms. The Hall–Kier alpha value is -5.82. The summed E-state index contributed by atoms with van der Waals surface area (Å²) in [5.41, 5.74) is 11.5. The highest BCUT2D eigenvalue weighted by Gasteiger charge is 2.43. The van der Waals surface area contributed by atoms with Crippen LogP contribution in [0.25, 0.3) is 21.5 Å². The van der Waals surface area contributed by atoms with Crippen LogP contribution in [0.2, 0.25) is 0 Å². The van der Waals surface area contributed by atoms with Crippen LogP contribution in [0.15, 0.2) is 170 Å². The van der Waals surface area contributed by atoms with Crippen LogP contribution >= 0.6 is 0 Å². The van der Waals surface area contributed by atoms with Crippen molar-refractivity contribution < 1.29 is 27.8 Å². The van der Waals surface area contributed by atoms with E-state index in [9.17, 15) is 0 Å². The molecule has 2 aromatic heterocycles. The number of hydrogen-bond acceptors (Lipinski definition) is 2. The molecule has 58 heavy (non-hydrogen) atoms. The molecule has 0 saturated carbocycles. The van der Waals surface area contributed by atoms with Crippen molar-refractivity contribution in [3.05, 3.63) is 170 Å². The van der Waals surface area contributed by atoms with E-state index in [1.54, 1.807) is 0 Å².